The molecule has 0 saturated carbocycles. The lowest BCUT2D eigenvalue weighted by atomic mass is 10.1. The van der Waals surface area contributed by atoms with Crippen LogP contribution in [-0.4, -0.2) is 32.8 Å². The number of carbonyl (C=O) groups excluding carboxylic acids is 3. The maximum atomic E-state index is 12.6. The van der Waals surface area contributed by atoms with E-state index in [0.717, 1.165) is 0 Å². The molecule has 0 atom stereocenters. The van der Waals surface area contributed by atoms with Crippen molar-refractivity contribution in [3.8, 4) is 11.4 Å². The van der Waals surface area contributed by atoms with Crippen LogP contribution in [0.15, 0.2) is 37.9 Å². The van der Waals surface area contributed by atoms with Crippen LogP contribution >= 0.6 is 31.9 Å². The molecular weight excluding hydrogens is 526 g/mol. The predicted octanol–water partition coefficient (Wildman–Crippen LogP) is 2.47. The predicted molar refractivity (Wildman–Crippen MR) is 114 cm³/mol. The Morgan fingerprint density at radius 1 is 1.17 bits per heavy atom. The summed E-state index contributed by atoms with van der Waals surface area (Å²) in [5, 5.41) is 9.22. The van der Waals surface area contributed by atoms with Crippen molar-refractivity contribution in [2.24, 2.45) is 5.84 Å². The normalized spacial score (nSPS) is 10.5. The highest BCUT2D eigenvalue weighted by Crippen LogP contribution is 2.30. The quantitative estimate of drug-likeness (QED) is 0.138. The Hall–Kier alpha value is -3.03. The number of aromatic nitrogens is 3. The standard InChI is InChI=1S/C17H15Br2N7O4/c1-7-21-16(26-30-7)9-4-8(22-13(27)6-14(28)25-20)2-3-11(9)24-17(29)12-5-10(18)15(19)23-12/h2-5,23H,6,20H2,1H3,(H,22,27)(H,24,29)(H,25,28). The lowest BCUT2D eigenvalue weighted by Gasteiger charge is -2.11. The van der Waals surface area contributed by atoms with Gasteiger partial charge in [-0.2, -0.15) is 4.98 Å². The van der Waals surface area contributed by atoms with E-state index in [1.54, 1.807) is 31.2 Å². The molecular formula is C17H15Br2N7O4. The van der Waals surface area contributed by atoms with Crippen LogP contribution in [0.1, 0.15) is 22.8 Å². The van der Waals surface area contributed by atoms with Gasteiger partial charge >= 0.3 is 0 Å². The summed E-state index contributed by atoms with van der Waals surface area (Å²) in [6.07, 6.45) is -0.442. The Bertz CT molecular complexity index is 1110. The number of hydrazine groups is 1. The zero-order valence-electron chi connectivity index (χ0n) is 15.4. The summed E-state index contributed by atoms with van der Waals surface area (Å²) < 4.78 is 6.35. The molecule has 0 saturated heterocycles. The molecule has 1 aromatic carbocycles. The van der Waals surface area contributed by atoms with E-state index in [1.807, 2.05) is 5.43 Å². The lowest BCUT2D eigenvalue weighted by molar-refractivity contribution is -0.126. The Morgan fingerprint density at radius 3 is 2.53 bits per heavy atom. The summed E-state index contributed by atoms with van der Waals surface area (Å²) in [5.74, 6) is 3.93. The van der Waals surface area contributed by atoms with Crippen LogP contribution < -0.4 is 21.9 Å². The Labute approximate surface area is 186 Å². The molecule has 3 rings (SSSR count). The molecule has 0 aliphatic carbocycles. The maximum absolute atomic E-state index is 12.6. The molecule has 0 unspecified atom stereocenters. The number of nitrogens with two attached hydrogens (primary N) is 1. The van der Waals surface area contributed by atoms with Crippen LogP contribution in [0.5, 0.6) is 0 Å². The fourth-order valence-electron chi connectivity index (χ4n) is 2.44. The number of anilines is 2. The largest absolute Gasteiger partial charge is 0.344 e. The molecule has 3 amide bonds. The number of H-pyrrole nitrogens is 1. The molecule has 156 valence electrons. The molecule has 0 bridgehead atoms. The zero-order valence-corrected chi connectivity index (χ0v) is 18.5. The van der Waals surface area contributed by atoms with Crippen LogP contribution in [0.3, 0.4) is 0 Å². The maximum Gasteiger partial charge on any atom is 0.272 e. The van der Waals surface area contributed by atoms with Crippen molar-refractivity contribution in [1.82, 2.24) is 20.6 Å². The van der Waals surface area contributed by atoms with E-state index in [1.165, 1.54) is 0 Å². The van der Waals surface area contributed by atoms with Gasteiger partial charge in [0.05, 0.1) is 14.8 Å². The minimum atomic E-state index is -0.631. The number of carbonyl (C=O) groups is 3. The summed E-state index contributed by atoms with van der Waals surface area (Å²) in [4.78, 5) is 42.9. The second-order valence-corrected chi connectivity index (χ2v) is 7.64. The average molecular weight is 541 g/mol. The minimum absolute atomic E-state index is 0.215. The first kappa shape index (κ1) is 21.7. The van der Waals surface area contributed by atoms with Gasteiger partial charge in [-0.1, -0.05) is 5.16 Å². The number of benzene rings is 1. The summed E-state index contributed by atoms with van der Waals surface area (Å²) in [5.41, 5.74) is 3.36. The highest BCUT2D eigenvalue weighted by molar-refractivity contribution is 9.13. The van der Waals surface area contributed by atoms with E-state index in [9.17, 15) is 14.4 Å². The fraction of sp³-hybridized carbons (Fsp3) is 0.118. The average Bonchev–Trinajstić information content (AvgIpc) is 3.28. The van der Waals surface area contributed by atoms with Crippen LogP contribution in [0.25, 0.3) is 11.4 Å². The molecule has 13 heteroatoms. The van der Waals surface area contributed by atoms with E-state index < -0.39 is 24.1 Å². The SMILES string of the molecule is Cc1nc(-c2cc(NC(=O)CC(=O)NN)ccc2NC(=O)c2cc(Br)c(Br)[nH]2)no1. The van der Waals surface area contributed by atoms with Crippen LogP contribution in [-0.2, 0) is 9.59 Å². The second kappa shape index (κ2) is 9.19. The van der Waals surface area contributed by atoms with Gasteiger partial charge in [0.1, 0.15) is 12.1 Å². The van der Waals surface area contributed by atoms with Gasteiger partial charge in [-0.15, -0.1) is 0 Å². The monoisotopic (exact) mass is 539 g/mol. The van der Waals surface area contributed by atoms with Crippen molar-refractivity contribution in [3.05, 3.63) is 44.9 Å². The number of hydrogen-bond donors (Lipinski definition) is 5. The molecule has 0 spiro atoms. The van der Waals surface area contributed by atoms with Crippen molar-refractivity contribution < 1.29 is 18.9 Å². The van der Waals surface area contributed by atoms with Crippen molar-refractivity contribution in [1.29, 1.82) is 0 Å². The molecule has 30 heavy (non-hydrogen) atoms. The van der Waals surface area contributed by atoms with E-state index in [0.29, 0.717) is 37.6 Å². The molecule has 2 aromatic heterocycles. The van der Waals surface area contributed by atoms with E-state index in [4.69, 9.17) is 10.4 Å². The van der Waals surface area contributed by atoms with Crippen LogP contribution in [0.4, 0.5) is 11.4 Å². The van der Waals surface area contributed by atoms with Gasteiger partial charge < -0.3 is 20.1 Å². The fourth-order valence-corrected chi connectivity index (χ4v) is 3.10. The third kappa shape index (κ3) is 5.11. The third-order valence-corrected chi connectivity index (χ3v) is 5.55. The van der Waals surface area contributed by atoms with Crippen molar-refractivity contribution in [3.63, 3.8) is 0 Å². The van der Waals surface area contributed by atoms with E-state index in [2.05, 4.69) is 57.6 Å². The Balaban J connectivity index is 1.89. The topological polar surface area (TPSA) is 168 Å². The molecule has 0 fully saturated rings. The number of halogens is 2. The molecule has 2 heterocycles. The first-order chi connectivity index (χ1) is 14.3. The molecule has 3 aromatic rings. The third-order valence-electron chi connectivity index (χ3n) is 3.77. The Morgan fingerprint density at radius 2 is 1.93 bits per heavy atom. The highest BCUT2D eigenvalue weighted by Gasteiger charge is 2.18. The van der Waals surface area contributed by atoms with Crippen molar-refractivity contribution >= 4 is 61.0 Å². The molecule has 6 N–H and O–H groups in total. The molecule has 0 radical (unpaired) electrons. The Kier molecular flexibility index (Phi) is 6.64. The van der Waals surface area contributed by atoms with E-state index in [-0.39, 0.29) is 5.82 Å². The molecule has 0 aliphatic rings. The van der Waals surface area contributed by atoms with Gasteiger partial charge in [-0.05, 0) is 56.1 Å². The smallest absolute Gasteiger partial charge is 0.272 e. The number of nitrogens with zero attached hydrogens (tertiary/aromatic N) is 2. The summed E-state index contributed by atoms with van der Waals surface area (Å²) in [6.45, 7) is 1.62. The second-order valence-electron chi connectivity index (χ2n) is 5.99. The summed E-state index contributed by atoms with van der Waals surface area (Å²) >= 11 is 6.60. The number of amides is 3. The number of rotatable bonds is 6. The number of hydrogen-bond acceptors (Lipinski definition) is 7. The number of nitrogens with one attached hydrogen (secondary N) is 4. The summed E-state index contributed by atoms with van der Waals surface area (Å²) in [6, 6.07) is 6.31. The molecule has 11 nitrogen and oxygen atoms in total. The number of aromatic amines is 1. The van der Waals surface area contributed by atoms with Gasteiger partial charge in [-0.25, -0.2) is 5.84 Å². The zero-order chi connectivity index (χ0) is 21.8. The van der Waals surface area contributed by atoms with Gasteiger partial charge in [0.25, 0.3) is 5.91 Å². The first-order valence-corrected chi connectivity index (χ1v) is 9.95. The number of aryl methyl sites for hydroxylation is 1. The molecule has 0 aliphatic heterocycles. The summed E-state index contributed by atoms with van der Waals surface area (Å²) in [7, 11) is 0. The van der Waals surface area contributed by atoms with Gasteiger partial charge in [0.2, 0.25) is 23.5 Å². The lowest BCUT2D eigenvalue weighted by Crippen LogP contribution is -2.33. The van der Waals surface area contributed by atoms with E-state index >= 15 is 0 Å². The highest BCUT2D eigenvalue weighted by atomic mass is 79.9. The van der Waals surface area contributed by atoms with Gasteiger partial charge in [0, 0.05) is 18.2 Å². The van der Waals surface area contributed by atoms with Gasteiger partial charge in [0.15, 0.2) is 0 Å². The minimum Gasteiger partial charge on any atom is -0.344 e. The van der Waals surface area contributed by atoms with Gasteiger partial charge in [-0.3, -0.25) is 19.8 Å². The van der Waals surface area contributed by atoms with Crippen molar-refractivity contribution in [2.75, 3.05) is 10.6 Å². The first-order valence-electron chi connectivity index (χ1n) is 8.36. The van der Waals surface area contributed by atoms with Crippen molar-refractivity contribution in [2.45, 2.75) is 13.3 Å². The van der Waals surface area contributed by atoms with Crippen LogP contribution in [0, 0.1) is 6.92 Å². The van der Waals surface area contributed by atoms with Crippen LogP contribution in [0.2, 0.25) is 0 Å².